The highest BCUT2D eigenvalue weighted by molar-refractivity contribution is 6.07. The van der Waals surface area contributed by atoms with Crippen molar-refractivity contribution in [3.8, 4) is 11.5 Å². The Morgan fingerprint density at radius 3 is 2.26 bits per heavy atom. The molecule has 0 atom stereocenters. The Labute approximate surface area is 229 Å². The Kier molecular flexibility index (Phi) is 9.21. The first kappa shape index (κ1) is 27.7. The van der Waals surface area contributed by atoms with E-state index in [9.17, 15) is 9.59 Å². The molecule has 0 aliphatic rings. The van der Waals surface area contributed by atoms with Crippen LogP contribution in [0.4, 0.5) is 0 Å². The molecule has 3 aromatic carbocycles. The zero-order chi connectivity index (χ0) is 27.8. The minimum atomic E-state index is -0.314. The third-order valence-corrected chi connectivity index (χ3v) is 6.63. The number of hydrogen-bond acceptors (Lipinski definition) is 5. The van der Waals surface area contributed by atoms with Gasteiger partial charge in [0.1, 0.15) is 11.5 Å². The number of esters is 1. The third kappa shape index (κ3) is 6.96. The molecule has 0 spiro atoms. The maximum atomic E-state index is 12.5. The van der Waals surface area contributed by atoms with Crippen molar-refractivity contribution in [3.05, 3.63) is 101 Å². The predicted octanol–water partition coefficient (Wildman–Crippen LogP) is 7.11. The van der Waals surface area contributed by atoms with Crippen LogP contribution in [0.5, 0.6) is 11.5 Å². The highest BCUT2D eigenvalue weighted by Gasteiger charge is 2.20. The minimum absolute atomic E-state index is 0.0431. The monoisotopic (exact) mass is 525 g/mol. The van der Waals surface area contributed by atoms with Gasteiger partial charge in [-0.1, -0.05) is 35.9 Å². The summed E-state index contributed by atoms with van der Waals surface area (Å²) in [5, 5.41) is 0.835. The molecule has 4 aromatic rings. The molecule has 6 heteroatoms. The summed E-state index contributed by atoms with van der Waals surface area (Å²) in [6.45, 7) is 7.17. The van der Waals surface area contributed by atoms with Crippen molar-refractivity contribution in [2.24, 2.45) is 7.05 Å². The number of carbonyl (C=O) groups excluding carboxylic acids is 2. The summed E-state index contributed by atoms with van der Waals surface area (Å²) >= 11 is 0. The van der Waals surface area contributed by atoms with Gasteiger partial charge < -0.3 is 18.8 Å². The number of allylic oxidation sites excluding steroid dienone is 1. The molecular weight excluding hydrogens is 490 g/mol. The molecule has 0 radical (unpaired) electrons. The SMILES string of the molecule is CCOC(=O)c1c(C)n(C)c2ccc(OCCCCOc3ccc(C(=O)C=Cc4cccc(C)c4)cc3)cc12. The van der Waals surface area contributed by atoms with Gasteiger partial charge in [-0.05, 0) is 87.7 Å². The first-order chi connectivity index (χ1) is 18.9. The maximum Gasteiger partial charge on any atom is 0.340 e. The molecule has 4 rings (SSSR count). The van der Waals surface area contributed by atoms with Crippen molar-refractivity contribution < 1.29 is 23.8 Å². The standard InChI is InChI=1S/C33H35NO5/c1-5-37-33(36)32-24(3)34(4)30-17-16-28(22-29(30)32)39-20-7-6-19-38-27-14-12-26(13-15-27)31(35)18-11-25-10-8-9-23(2)21-25/h8-18,21-22H,5-7,19-20H2,1-4H3. The van der Waals surface area contributed by atoms with E-state index in [1.54, 1.807) is 25.1 Å². The zero-order valence-electron chi connectivity index (χ0n) is 23.0. The van der Waals surface area contributed by atoms with Crippen LogP contribution < -0.4 is 9.47 Å². The molecule has 0 saturated heterocycles. The first-order valence-electron chi connectivity index (χ1n) is 13.3. The van der Waals surface area contributed by atoms with Crippen LogP contribution in [-0.4, -0.2) is 36.1 Å². The Hall–Kier alpha value is -4.32. The van der Waals surface area contributed by atoms with Gasteiger partial charge in [-0.3, -0.25) is 4.79 Å². The number of aryl methyl sites for hydroxylation is 2. The molecule has 39 heavy (non-hydrogen) atoms. The van der Waals surface area contributed by atoms with Crippen molar-refractivity contribution in [1.82, 2.24) is 4.57 Å². The summed E-state index contributed by atoms with van der Waals surface area (Å²) in [5.74, 6) is 1.09. The van der Waals surface area contributed by atoms with Crippen LogP contribution in [0, 0.1) is 13.8 Å². The van der Waals surface area contributed by atoms with E-state index in [0.717, 1.165) is 52.1 Å². The lowest BCUT2D eigenvalue weighted by atomic mass is 10.1. The average molecular weight is 526 g/mol. The number of rotatable bonds is 12. The van der Waals surface area contributed by atoms with E-state index < -0.39 is 0 Å². The van der Waals surface area contributed by atoms with Crippen molar-refractivity contribution in [3.63, 3.8) is 0 Å². The number of ether oxygens (including phenoxy) is 3. The lowest BCUT2D eigenvalue weighted by Crippen LogP contribution is -2.06. The van der Waals surface area contributed by atoms with Gasteiger partial charge in [0.2, 0.25) is 0 Å². The zero-order valence-corrected chi connectivity index (χ0v) is 23.0. The normalized spacial score (nSPS) is 11.2. The highest BCUT2D eigenvalue weighted by atomic mass is 16.5. The Balaban J connectivity index is 1.23. The summed E-state index contributed by atoms with van der Waals surface area (Å²) in [4.78, 5) is 25.0. The Bertz CT molecular complexity index is 1480. The van der Waals surface area contributed by atoms with E-state index in [1.807, 2.05) is 86.1 Å². The predicted molar refractivity (Wildman–Crippen MR) is 155 cm³/mol. The van der Waals surface area contributed by atoms with Gasteiger partial charge in [-0.2, -0.15) is 0 Å². The van der Waals surface area contributed by atoms with Crippen LogP contribution in [0.1, 0.15) is 57.3 Å². The van der Waals surface area contributed by atoms with Crippen LogP contribution in [0.3, 0.4) is 0 Å². The van der Waals surface area contributed by atoms with Crippen molar-refractivity contribution >= 4 is 28.7 Å². The maximum absolute atomic E-state index is 12.5. The van der Waals surface area contributed by atoms with E-state index in [4.69, 9.17) is 14.2 Å². The van der Waals surface area contributed by atoms with Crippen LogP contribution in [0.25, 0.3) is 17.0 Å². The van der Waals surface area contributed by atoms with E-state index in [2.05, 4.69) is 0 Å². The number of nitrogens with zero attached hydrogens (tertiary/aromatic N) is 1. The molecule has 0 N–H and O–H groups in total. The van der Waals surface area contributed by atoms with Gasteiger partial charge in [-0.15, -0.1) is 0 Å². The van der Waals surface area contributed by atoms with Gasteiger partial charge in [0.15, 0.2) is 5.78 Å². The molecule has 0 aliphatic carbocycles. The molecule has 202 valence electrons. The van der Waals surface area contributed by atoms with Gasteiger partial charge in [0.05, 0.1) is 25.4 Å². The topological polar surface area (TPSA) is 66.8 Å². The lowest BCUT2D eigenvalue weighted by molar-refractivity contribution is 0.0527. The number of hydrogen-bond donors (Lipinski definition) is 0. The van der Waals surface area contributed by atoms with Gasteiger partial charge >= 0.3 is 5.97 Å². The van der Waals surface area contributed by atoms with Crippen molar-refractivity contribution in [2.75, 3.05) is 19.8 Å². The van der Waals surface area contributed by atoms with Crippen LogP contribution in [0.2, 0.25) is 0 Å². The lowest BCUT2D eigenvalue weighted by Gasteiger charge is -2.09. The summed E-state index contributed by atoms with van der Waals surface area (Å²) < 4.78 is 19.0. The van der Waals surface area contributed by atoms with Gasteiger partial charge in [0, 0.05) is 29.2 Å². The third-order valence-electron chi connectivity index (χ3n) is 6.63. The van der Waals surface area contributed by atoms with Gasteiger partial charge in [0.25, 0.3) is 0 Å². The second-order valence-corrected chi connectivity index (χ2v) is 9.46. The summed E-state index contributed by atoms with van der Waals surface area (Å²) in [6, 6.07) is 21.0. The smallest absolute Gasteiger partial charge is 0.340 e. The summed E-state index contributed by atoms with van der Waals surface area (Å²) in [7, 11) is 1.94. The number of carbonyl (C=O) groups is 2. The fraction of sp³-hybridized carbons (Fsp3) is 0.273. The summed E-state index contributed by atoms with van der Waals surface area (Å²) in [6.07, 6.45) is 5.07. The number of benzene rings is 3. The number of ketones is 1. The molecule has 0 bridgehead atoms. The van der Waals surface area contributed by atoms with E-state index >= 15 is 0 Å². The number of fused-ring (bicyclic) bond motifs is 1. The Morgan fingerprint density at radius 1 is 0.872 bits per heavy atom. The van der Waals surface area contributed by atoms with Crippen LogP contribution in [0.15, 0.2) is 72.8 Å². The second kappa shape index (κ2) is 13.0. The molecule has 1 aromatic heterocycles. The van der Waals surface area contributed by atoms with E-state index in [0.29, 0.717) is 30.9 Å². The van der Waals surface area contributed by atoms with E-state index in [1.165, 1.54) is 0 Å². The molecule has 1 heterocycles. The highest BCUT2D eigenvalue weighted by Crippen LogP contribution is 2.29. The summed E-state index contributed by atoms with van der Waals surface area (Å²) in [5.41, 5.74) is 5.20. The average Bonchev–Trinajstić information content (AvgIpc) is 3.18. The quantitative estimate of drug-likeness (QED) is 0.0854. The molecule has 0 aliphatic heterocycles. The van der Waals surface area contributed by atoms with Crippen LogP contribution in [-0.2, 0) is 11.8 Å². The Morgan fingerprint density at radius 2 is 1.56 bits per heavy atom. The van der Waals surface area contributed by atoms with Crippen LogP contribution >= 0.6 is 0 Å². The van der Waals surface area contributed by atoms with Crippen molar-refractivity contribution in [1.29, 1.82) is 0 Å². The second-order valence-electron chi connectivity index (χ2n) is 9.46. The van der Waals surface area contributed by atoms with Crippen molar-refractivity contribution in [2.45, 2.75) is 33.6 Å². The molecule has 0 fully saturated rings. The molecule has 6 nitrogen and oxygen atoms in total. The van der Waals surface area contributed by atoms with E-state index in [-0.39, 0.29) is 11.8 Å². The fourth-order valence-electron chi connectivity index (χ4n) is 4.44. The number of aromatic nitrogens is 1. The molecule has 0 unspecified atom stereocenters. The largest absolute Gasteiger partial charge is 0.494 e. The molecule has 0 saturated carbocycles. The molecule has 0 amide bonds. The number of unbranched alkanes of at least 4 members (excludes halogenated alkanes) is 1. The molecular formula is C33H35NO5. The minimum Gasteiger partial charge on any atom is -0.494 e. The van der Waals surface area contributed by atoms with Gasteiger partial charge in [-0.25, -0.2) is 4.79 Å². The fourth-order valence-corrected chi connectivity index (χ4v) is 4.44. The first-order valence-corrected chi connectivity index (χ1v) is 13.3.